The van der Waals surface area contributed by atoms with Crippen LogP contribution >= 0.6 is 11.6 Å². The normalized spacial score (nSPS) is 13.7. The first-order valence-electron chi connectivity index (χ1n) is 9.91. The molecule has 0 saturated heterocycles. The van der Waals surface area contributed by atoms with Gasteiger partial charge in [-0.2, -0.15) is 13.2 Å². The van der Waals surface area contributed by atoms with E-state index in [4.69, 9.17) is 11.6 Å². The maximum Gasteiger partial charge on any atom is 0.417 e. The average molecular weight is 490 g/mol. The van der Waals surface area contributed by atoms with E-state index in [0.717, 1.165) is 37.9 Å². The molecular formula is C21H23ClF3N3O3S. The molecule has 0 fully saturated rings. The first-order chi connectivity index (χ1) is 15.0. The molecule has 0 saturated carbocycles. The fourth-order valence-corrected chi connectivity index (χ4v) is 4.68. The van der Waals surface area contributed by atoms with Crippen molar-refractivity contribution in [3.63, 3.8) is 0 Å². The van der Waals surface area contributed by atoms with Gasteiger partial charge in [0.15, 0.2) is 0 Å². The second kappa shape index (κ2) is 9.58. The smallest absolute Gasteiger partial charge is 0.371 e. The number of carbonyl (C=O) groups excluding carboxylic acids is 1. The van der Waals surface area contributed by atoms with Gasteiger partial charge in [-0.05, 0) is 42.7 Å². The van der Waals surface area contributed by atoms with Crippen molar-refractivity contribution >= 4 is 38.9 Å². The van der Waals surface area contributed by atoms with Crippen LogP contribution in [0.15, 0.2) is 42.5 Å². The molecule has 1 aliphatic rings. The van der Waals surface area contributed by atoms with E-state index in [0.29, 0.717) is 23.3 Å². The number of nitrogens with one attached hydrogen (secondary N) is 1. The van der Waals surface area contributed by atoms with Gasteiger partial charge in [0, 0.05) is 25.3 Å². The lowest BCUT2D eigenvalue weighted by Gasteiger charge is -2.23. The summed E-state index contributed by atoms with van der Waals surface area (Å²) in [4.78, 5) is 14.6. The Balaban J connectivity index is 1.59. The summed E-state index contributed by atoms with van der Waals surface area (Å²) in [6.45, 7) is 1.29. The first-order valence-corrected chi connectivity index (χ1v) is 12.1. The van der Waals surface area contributed by atoms with Crippen LogP contribution in [0.5, 0.6) is 0 Å². The van der Waals surface area contributed by atoms with Gasteiger partial charge >= 0.3 is 6.18 Å². The van der Waals surface area contributed by atoms with Gasteiger partial charge in [0.05, 0.1) is 22.5 Å². The van der Waals surface area contributed by atoms with Gasteiger partial charge in [0.2, 0.25) is 15.9 Å². The highest BCUT2D eigenvalue weighted by atomic mass is 35.5. The molecule has 2 aromatic rings. The maximum atomic E-state index is 13.1. The average Bonchev–Trinajstić information content (AvgIpc) is 3.11. The lowest BCUT2D eigenvalue weighted by atomic mass is 10.2. The molecule has 174 valence electrons. The molecule has 0 bridgehead atoms. The Hall–Kier alpha value is -2.46. The van der Waals surface area contributed by atoms with Crippen LogP contribution in [0.3, 0.4) is 0 Å². The van der Waals surface area contributed by atoms with Crippen molar-refractivity contribution < 1.29 is 26.4 Å². The first kappa shape index (κ1) is 24.2. The van der Waals surface area contributed by atoms with Gasteiger partial charge in [-0.1, -0.05) is 29.8 Å². The fraction of sp³-hybridized carbons (Fsp3) is 0.381. The number of carbonyl (C=O) groups is 1. The predicted molar refractivity (Wildman–Crippen MR) is 119 cm³/mol. The van der Waals surface area contributed by atoms with Crippen molar-refractivity contribution in [2.75, 3.05) is 41.6 Å². The molecule has 0 atom stereocenters. The van der Waals surface area contributed by atoms with Crippen LogP contribution in [0.25, 0.3) is 0 Å². The highest BCUT2D eigenvalue weighted by molar-refractivity contribution is 7.92. The number of hydrogen-bond donors (Lipinski definition) is 1. The molecule has 1 heterocycles. The molecule has 1 N–H and O–H groups in total. The minimum absolute atomic E-state index is 0.284. The fourth-order valence-electron chi connectivity index (χ4n) is 3.61. The zero-order chi connectivity index (χ0) is 23.5. The number of para-hydroxylation sites is 1. The number of hydrogen-bond acceptors (Lipinski definition) is 4. The number of rotatable bonds is 8. The second-order valence-electron chi connectivity index (χ2n) is 7.50. The van der Waals surface area contributed by atoms with Crippen molar-refractivity contribution in [3.05, 3.63) is 58.6 Å². The molecule has 0 aliphatic carbocycles. The third kappa shape index (κ3) is 5.86. The quantitative estimate of drug-likeness (QED) is 0.574. The lowest BCUT2D eigenvalue weighted by molar-refractivity contribution is -0.137. The van der Waals surface area contributed by atoms with Crippen molar-refractivity contribution in [2.24, 2.45) is 0 Å². The molecule has 1 amide bonds. The molecular weight excluding hydrogens is 467 g/mol. The van der Waals surface area contributed by atoms with E-state index in [1.807, 2.05) is 18.2 Å². The summed E-state index contributed by atoms with van der Waals surface area (Å²) >= 11 is 5.60. The molecule has 0 aromatic heterocycles. The highest BCUT2D eigenvalue weighted by Gasteiger charge is 2.34. The summed E-state index contributed by atoms with van der Waals surface area (Å²) in [5.74, 6) is -0.610. The molecule has 2 aromatic carbocycles. The molecule has 6 nitrogen and oxygen atoms in total. The number of amides is 1. The zero-order valence-electron chi connectivity index (χ0n) is 17.3. The number of alkyl halides is 3. The van der Waals surface area contributed by atoms with Gasteiger partial charge in [-0.3, -0.25) is 9.10 Å². The number of fused-ring (bicyclic) bond motifs is 1. The van der Waals surface area contributed by atoms with Crippen LogP contribution < -0.4 is 14.5 Å². The maximum absolute atomic E-state index is 13.1. The zero-order valence-corrected chi connectivity index (χ0v) is 18.9. The van der Waals surface area contributed by atoms with Gasteiger partial charge in [-0.25, -0.2) is 8.42 Å². The number of halogens is 4. The summed E-state index contributed by atoms with van der Waals surface area (Å²) in [6.07, 6.45) is -2.33. The number of sulfonamides is 1. The second-order valence-corrected chi connectivity index (χ2v) is 9.81. The van der Waals surface area contributed by atoms with E-state index in [9.17, 15) is 26.4 Å². The standard InChI is InChI=1S/C21H23ClF3N3O3S/c1-32(30,31)28(16-7-8-18(22)17(13-16)21(23,24)25)14-20(29)26-10-4-11-27-12-9-15-5-2-3-6-19(15)27/h2-3,5-8,13H,4,9-12,14H2,1H3,(H,26,29). The molecule has 1 aliphatic heterocycles. The summed E-state index contributed by atoms with van der Waals surface area (Å²) in [5.41, 5.74) is 0.997. The van der Waals surface area contributed by atoms with E-state index in [1.165, 1.54) is 11.3 Å². The highest BCUT2D eigenvalue weighted by Crippen LogP contribution is 2.37. The van der Waals surface area contributed by atoms with Crippen molar-refractivity contribution in [2.45, 2.75) is 19.0 Å². The van der Waals surface area contributed by atoms with Crippen LogP contribution in [0, 0.1) is 0 Å². The Labute approximate surface area is 190 Å². The molecule has 32 heavy (non-hydrogen) atoms. The monoisotopic (exact) mass is 489 g/mol. The third-order valence-corrected chi connectivity index (χ3v) is 6.61. The van der Waals surface area contributed by atoms with Crippen LogP contribution in [0.4, 0.5) is 24.5 Å². The van der Waals surface area contributed by atoms with E-state index < -0.39 is 39.2 Å². The van der Waals surface area contributed by atoms with Crippen molar-refractivity contribution in [3.8, 4) is 0 Å². The minimum atomic E-state index is -4.76. The van der Waals surface area contributed by atoms with E-state index in [2.05, 4.69) is 16.3 Å². The summed E-state index contributed by atoms with van der Waals surface area (Å²) in [6, 6.07) is 10.8. The molecule has 3 rings (SSSR count). The molecule has 0 unspecified atom stereocenters. The summed E-state index contributed by atoms with van der Waals surface area (Å²) < 4.78 is 64.4. The Morgan fingerprint density at radius 1 is 1.22 bits per heavy atom. The number of anilines is 2. The van der Waals surface area contributed by atoms with Crippen LogP contribution in [0.1, 0.15) is 17.5 Å². The Kier molecular flexibility index (Phi) is 7.24. The predicted octanol–water partition coefficient (Wildman–Crippen LogP) is 3.69. The van der Waals surface area contributed by atoms with Crippen LogP contribution in [0.2, 0.25) is 5.02 Å². The Bertz CT molecular complexity index is 1090. The minimum Gasteiger partial charge on any atom is -0.371 e. The number of benzene rings is 2. The lowest BCUT2D eigenvalue weighted by Crippen LogP contribution is -2.41. The summed E-state index contributed by atoms with van der Waals surface area (Å²) in [5, 5.41) is 2.09. The van der Waals surface area contributed by atoms with Crippen LogP contribution in [-0.4, -0.2) is 46.8 Å². The van der Waals surface area contributed by atoms with Crippen molar-refractivity contribution in [1.82, 2.24) is 5.32 Å². The molecule has 11 heteroatoms. The van der Waals surface area contributed by atoms with Crippen molar-refractivity contribution in [1.29, 1.82) is 0 Å². The van der Waals surface area contributed by atoms with E-state index >= 15 is 0 Å². The largest absolute Gasteiger partial charge is 0.417 e. The summed E-state index contributed by atoms with van der Waals surface area (Å²) in [7, 11) is -4.01. The van der Waals surface area contributed by atoms with E-state index in [-0.39, 0.29) is 5.69 Å². The number of nitrogens with zero attached hydrogens (tertiary/aromatic N) is 2. The molecule has 0 spiro atoms. The Morgan fingerprint density at radius 2 is 1.94 bits per heavy atom. The molecule has 0 radical (unpaired) electrons. The third-order valence-electron chi connectivity index (χ3n) is 5.14. The van der Waals surface area contributed by atoms with Gasteiger partial charge in [0.25, 0.3) is 0 Å². The van der Waals surface area contributed by atoms with Gasteiger partial charge in [-0.15, -0.1) is 0 Å². The Morgan fingerprint density at radius 3 is 2.62 bits per heavy atom. The van der Waals surface area contributed by atoms with E-state index in [1.54, 1.807) is 0 Å². The van der Waals surface area contributed by atoms with Gasteiger partial charge in [0.1, 0.15) is 6.54 Å². The SMILES string of the molecule is CS(=O)(=O)N(CC(=O)NCCCN1CCc2ccccc21)c1ccc(Cl)c(C(F)(F)F)c1. The topological polar surface area (TPSA) is 69.7 Å². The van der Waals surface area contributed by atoms with Crippen LogP contribution in [-0.2, 0) is 27.4 Å². The van der Waals surface area contributed by atoms with Gasteiger partial charge < -0.3 is 10.2 Å².